The van der Waals surface area contributed by atoms with Crippen LogP contribution >= 0.6 is 0 Å². The first-order valence-corrected chi connectivity index (χ1v) is 11.4. The fourth-order valence-electron chi connectivity index (χ4n) is 4.55. The summed E-state index contributed by atoms with van der Waals surface area (Å²) in [7, 11) is 1.34. The summed E-state index contributed by atoms with van der Waals surface area (Å²) in [4.78, 5) is 27.9. The summed E-state index contributed by atoms with van der Waals surface area (Å²) >= 11 is 0. The van der Waals surface area contributed by atoms with E-state index in [4.69, 9.17) is 4.74 Å². The number of nitrogens with zero attached hydrogens (tertiary/aromatic N) is 2. The number of esters is 1. The number of hydrogen-bond donors (Lipinski definition) is 0. The van der Waals surface area contributed by atoms with Gasteiger partial charge in [0.05, 0.1) is 24.8 Å². The molecule has 3 aromatic rings. The Morgan fingerprint density at radius 1 is 0.941 bits per heavy atom. The molecule has 5 heteroatoms. The quantitative estimate of drug-likeness (QED) is 0.373. The van der Waals surface area contributed by atoms with E-state index in [0.29, 0.717) is 23.4 Å². The minimum atomic E-state index is -0.504. The number of allylic oxidation sites excluding steroid dienone is 1. The number of carbonyl (C=O) groups excluding carboxylic acids is 2. The smallest absolute Gasteiger partial charge is 0.340 e. The molecule has 0 fully saturated rings. The molecule has 0 radical (unpaired) electrons. The minimum Gasteiger partial charge on any atom is -0.465 e. The molecule has 1 aromatic heterocycles. The zero-order valence-electron chi connectivity index (χ0n) is 20.6. The van der Waals surface area contributed by atoms with Gasteiger partial charge in [-0.2, -0.15) is 0 Å². The van der Waals surface area contributed by atoms with Crippen LogP contribution in [0.5, 0.6) is 0 Å². The Morgan fingerprint density at radius 3 is 2.29 bits per heavy atom. The molecule has 0 saturated carbocycles. The lowest BCUT2D eigenvalue weighted by Crippen LogP contribution is -2.24. The number of aryl methyl sites for hydroxylation is 3. The van der Waals surface area contributed by atoms with Crippen LogP contribution in [0.15, 0.2) is 71.4 Å². The van der Waals surface area contributed by atoms with Gasteiger partial charge in [-0.3, -0.25) is 4.79 Å². The van der Waals surface area contributed by atoms with Gasteiger partial charge < -0.3 is 14.2 Å². The highest BCUT2D eigenvalue weighted by Crippen LogP contribution is 2.34. The highest BCUT2D eigenvalue weighted by Gasteiger charge is 2.37. The summed E-state index contributed by atoms with van der Waals surface area (Å²) in [5.74, 6) is -0.699. The predicted octanol–water partition coefficient (Wildman–Crippen LogP) is 5.58. The van der Waals surface area contributed by atoms with Crippen LogP contribution in [0.1, 0.15) is 40.6 Å². The van der Waals surface area contributed by atoms with Crippen molar-refractivity contribution in [3.63, 3.8) is 0 Å². The van der Waals surface area contributed by atoms with Gasteiger partial charge in [-0.15, -0.1) is 0 Å². The monoisotopic (exact) mass is 454 g/mol. The average molecular weight is 455 g/mol. The molecule has 1 aliphatic rings. The Hall–Kier alpha value is -3.86. The lowest BCUT2D eigenvalue weighted by atomic mass is 10.0. The maximum absolute atomic E-state index is 13.5. The molecule has 2 aromatic carbocycles. The second-order valence-electron chi connectivity index (χ2n) is 8.89. The molecule has 174 valence electrons. The number of aromatic nitrogens is 1. The minimum absolute atomic E-state index is 0.196. The molecule has 2 heterocycles. The van der Waals surface area contributed by atoms with Gasteiger partial charge in [0, 0.05) is 22.8 Å². The molecule has 0 saturated heterocycles. The third-order valence-corrected chi connectivity index (χ3v) is 6.39. The lowest BCUT2D eigenvalue weighted by Gasteiger charge is -2.18. The predicted molar refractivity (Wildman–Crippen MR) is 134 cm³/mol. The van der Waals surface area contributed by atoms with Crippen molar-refractivity contribution >= 4 is 18.0 Å². The molecule has 0 bridgehead atoms. The van der Waals surface area contributed by atoms with Gasteiger partial charge in [0.15, 0.2) is 0 Å². The van der Waals surface area contributed by atoms with Crippen molar-refractivity contribution in [2.45, 2.75) is 41.2 Å². The van der Waals surface area contributed by atoms with E-state index in [9.17, 15) is 9.59 Å². The van der Waals surface area contributed by atoms with Crippen molar-refractivity contribution in [2.24, 2.45) is 0 Å². The molecule has 5 nitrogen and oxygen atoms in total. The largest absolute Gasteiger partial charge is 0.465 e. The first kappa shape index (κ1) is 23.3. The Balaban J connectivity index is 1.78. The first-order valence-electron chi connectivity index (χ1n) is 11.4. The van der Waals surface area contributed by atoms with Crippen LogP contribution < -0.4 is 0 Å². The van der Waals surface area contributed by atoms with Crippen molar-refractivity contribution in [3.8, 4) is 5.69 Å². The van der Waals surface area contributed by atoms with Crippen LogP contribution in [0.25, 0.3) is 11.8 Å². The second kappa shape index (κ2) is 9.18. The number of amides is 1. The normalized spacial score (nSPS) is 14.9. The highest BCUT2D eigenvalue weighted by molar-refractivity contribution is 6.16. The number of ether oxygens (including phenoxy) is 1. The van der Waals surface area contributed by atoms with Crippen molar-refractivity contribution in [3.05, 3.63) is 105 Å². The number of methoxy groups -OCH3 is 1. The van der Waals surface area contributed by atoms with Gasteiger partial charge >= 0.3 is 5.97 Å². The zero-order chi connectivity index (χ0) is 24.6. The summed E-state index contributed by atoms with van der Waals surface area (Å²) in [5, 5.41) is 0. The molecule has 1 amide bonds. The molecule has 0 N–H and O–H groups in total. The summed E-state index contributed by atoms with van der Waals surface area (Å²) in [6, 6.07) is 18.4. The Bertz CT molecular complexity index is 1340. The molecule has 0 atom stereocenters. The molecule has 34 heavy (non-hydrogen) atoms. The Labute approximate surface area is 201 Å². The number of benzene rings is 2. The molecular weight excluding hydrogens is 424 g/mol. The van der Waals surface area contributed by atoms with E-state index in [2.05, 4.69) is 29.7 Å². The van der Waals surface area contributed by atoms with Gasteiger partial charge in [0.1, 0.15) is 0 Å². The van der Waals surface area contributed by atoms with Crippen LogP contribution in [0.3, 0.4) is 0 Å². The van der Waals surface area contributed by atoms with Crippen molar-refractivity contribution < 1.29 is 14.3 Å². The summed E-state index contributed by atoms with van der Waals surface area (Å²) < 4.78 is 7.22. The van der Waals surface area contributed by atoms with Crippen LogP contribution in [-0.4, -0.2) is 28.5 Å². The molecular formula is C29H30N2O3. The number of rotatable bonds is 5. The summed E-state index contributed by atoms with van der Waals surface area (Å²) in [5.41, 5.74) is 8.64. The third-order valence-electron chi connectivity index (χ3n) is 6.39. The van der Waals surface area contributed by atoms with Crippen molar-refractivity contribution in [1.29, 1.82) is 0 Å². The first-order chi connectivity index (χ1) is 16.2. The zero-order valence-corrected chi connectivity index (χ0v) is 20.6. The number of hydrogen-bond acceptors (Lipinski definition) is 3. The van der Waals surface area contributed by atoms with Crippen LogP contribution in [0.2, 0.25) is 0 Å². The van der Waals surface area contributed by atoms with E-state index in [1.807, 2.05) is 63.2 Å². The second-order valence-corrected chi connectivity index (χ2v) is 8.89. The molecule has 1 aliphatic heterocycles. The summed E-state index contributed by atoms with van der Waals surface area (Å²) in [6.07, 6.45) is 1.82. The third kappa shape index (κ3) is 4.21. The Morgan fingerprint density at radius 2 is 1.65 bits per heavy atom. The van der Waals surface area contributed by atoms with E-state index < -0.39 is 5.97 Å². The van der Waals surface area contributed by atoms with Gasteiger partial charge in [-0.1, -0.05) is 42.0 Å². The maximum Gasteiger partial charge on any atom is 0.340 e. The van der Waals surface area contributed by atoms with E-state index in [0.717, 1.165) is 33.8 Å². The fraction of sp³-hybridized carbons (Fsp3) is 0.241. The van der Waals surface area contributed by atoms with Gasteiger partial charge in [-0.05, 0) is 75.6 Å². The van der Waals surface area contributed by atoms with Crippen LogP contribution in [-0.2, 0) is 20.9 Å². The molecule has 0 spiro atoms. The SMILES string of the molecule is COC(=O)C1=C(C)N(Cc2ccc(C)cc2)C(=O)/C1=C\c1cc(C)n(-c2cccc(C)c2)c1C. The standard InChI is InChI=1S/C29H30N2O3/c1-18-10-12-23(13-11-18)17-30-22(5)27(29(33)34-6)26(28(30)32)16-24-15-20(3)31(21(24)4)25-9-7-8-19(2)14-25/h7-16H,17H2,1-6H3/b26-16-. The van der Waals surface area contributed by atoms with Gasteiger partial charge in [0.2, 0.25) is 0 Å². The van der Waals surface area contributed by atoms with Crippen LogP contribution in [0, 0.1) is 27.7 Å². The topological polar surface area (TPSA) is 51.5 Å². The van der Waals surface area contributed by atoms with Gasteiger partial charge in [-0.25, -0.2) is 4.79 Å². The maximum atomic E-state index is 13.5. The number of carbonyl (C=O) groups is 2. The van der Waals surface area contributed by atoms with E-state index in [1.165, 1.54) is 12.7 Å². The molecule has 4 rings (SSSR count). The molecule has 0 aliphatic carbocycles. The van der Waals surface area contributed by atoms with Gasteiger partial charge in [0.25, 0.3) is 5.91 Å². The average Bonchev–Trinajstić information content (AvgIpc) is 3.21. The van der Waals surface area contributed by atoms with Crippen molar-refractivity contribution in [1.82, 2.24) is 9.47 Å². The fourth-order valence-corrected chi connectivity index (χ4v) is 4.55. The lowest BCUT2D eigenvalue weighted by molar-refractivity contribution is -0.136. The molecule has 0 unspecified atom stereocenters. The Kier molecular flexibility index (Phi) is 6.29. The van der Waals surface area contributed by atoms with E-state index in [1.54, 1.807) is 11.8 Å². The highest BCUT2D eigenvalue weighted by atomic mass is 16.5. The van der Waals surface area contributed by atoms with Crippen molar-refractivity contribution in [2.75, 3.05) is 7.11 Å². The van der Waals surface area contributed by atoms with E-state index >= 15 is 0 Å². The summed E-state index contributed by atoms with van der Waals surface area (Å²) in [6.45, 7) is 10.4. The van der Waals surface area contributed by atoms with Crippen LogP contribution in [0.4, 0.5) is 0 Å². The van der Waals surface area contributed by atoms with E-state index in [-0.39, 0.29) is 5.91 Å².